The first kappa shape index (κ1) is 12.3. The molecule has 0 aliphatic rings. The number of nitrogens with one attached hydrogen (secondary N) is 1. The molecule has 1 aromatic carbocycles. The monoisotopic (exact) mass is 270 g/mol. The Balaban J connectivity index is 2.34. The number of H-pyrrole nitrogens is 1. The molecule has 0 aliphatic carbocycles. The van der Waals surface area contributed by atoms with Gasteiger partial charge in [0.05, 0.1) is 0 Å². The van der Waals surface area contributed by atoms with Gasteiger partial charge in [-0.05, 0) is 24.6 Å². The highest BCUT2D eigenvalue weighted by atomic mass is 35.5. The van der Waals surface area contributed by atoms with Crippen molar-refractivity contribution in [3.8, 4) is 0 Å². The minimum Gasteiger partial charge on any atom is -0.312 e. The average Bonchev–Trinajstić information content (AvgIpc) is 2.63. The molecule has 2 aromatic rings. The molecular weight excluding hydrogens is 259 g/mol. The van der Waals surface area contributed by atoms with E-state index in [0.717, 1.165) is 11.3 Å². The van der Waals surface area contributed by atoms with Gasteiger partial charge in [0.1, 0.15) is 0 Å². The van der Waals surface area contributed by atoms with Crippen LogP contribution < -0.4 is 5.69 Å². The molecule has 90 valence electrons. The summed E-state index contributed by atoms with van der Waals surface area (Å²) < 4.78 is 1.69. The van der Waals surface area contributed by atoms with Crippen molar-refractivity contribution in [1.82, 2.24) is 9.55 Å². The van der Waals surface area contributed by atoms with E-state index in [1.807, 2.05) is 13.0 Å². The van der Waals surface area contributed by atoms with E-state index in [1.165, 1.54) is 0 Å². The lowest BCUT2D eigenvalue weighted by Gasteiger charge is -2.06. The zero-order valence-electron chi connectivity index (χ0n) is 9.34. The summed E-state index contributed by atoms with van der Waals surface area (Å²) in [6.45, 7) is 2.57. The summed E-state index contributed by atoms with van der Waals surface area (Å²) in [4.78, 5) is 14.1. The number of imidazole rings is 1. The van der Waals surface area contributed by atoms with Crippen LogP contribution in [0.1, 0.15) is 18.2 Å². The van der Waals surface area contributed by atoms with Gasteiger partial charge in [0.2, 0.25) is 0 Å². The van der Waals surface area contributed by atoms with E-state index in [-0.39, 0.29) is 5.69 Å². The van der Waals surface area contributed by atoms with E-state index >= 15 is 0 Å². The van der Waals surface area contributed by atoms with Gasteiger partial charge in [-0.1, -0.05) is 29.3 Å². The SMILES string of the molecule is CCn1c(Cc2ccc(Cl)cc2Cl)c[nH]c1=O. The van der Waals surface area contributed by atoms with Crippen molar-refractivity contribution < 1.29 is 0 Å². The molecule has 5 heteroatoms. The highest BCUT2D eigenvalue weighted by Crippen LogP contribution is 2.22. The molecule has 17 heavy (non-hydrogen) atoms. The minimum atomic E-state index is -0.0902. The minimum absolute atomic E-state index is 0.0902. The summed E-state index contributed by atoms with van der Waals surface area (Å²) in [6, 6.07) is 5.38. The molecule has 0 saturated heterocycles. The molecule has 1 heterocycles. The Labute approximate surface area is 109 Å². The molecule has 3 nitrogen and oxygen atoms in total. The number of hydrogen-bond acceptors (Lipinski definition) is 1. The van der Waals surface area contributed by atoms with Crippen LogP contribution in [0.5, 0.6) is 0 Å². The molecule has 1 aromatic heterocycles. The molecule has 0 amide bonds. The third-order valence-electron chi connectivity index (χ3n) is 2.66. The Morgan fingerprint density at radius 3 is 2.76 bits per heavy atom. The summed E-state index contributed by atoms with van der Waals surface area (Å²) in [6.07, 6.45) is 2.33. The van der Waals surface area contributed by atoms with Crippen LogP contribution in [0.25, 0.3) is 0 Å². The zero-order chi connectivity index (χ0) is 12.4. The Kier molecular flexibility index (Phi) is 3.60. The smallest absolute Gasteiger partial charge is 0.312 e. The zero-order valence-corrected chi connectivity index (χ0v) is 10.8. The molecule has 0 unspecified atom stereocenters. The molecular formula is C12H12Cl2N2O. The maximum atomic E-state index is 11.5. The number of aromatic nitrogens is 2. The van der Waals surface area contributed by atoms with Gasteiger partial charge < -0.3 is 4.98 Å². The van der Waals surface area contributed by atoms with Crippen molar-refractivity contribution in [2.75, 3.05) is 0 Å². The van der Waals surface area contributed by atoms with Gasteiger partial charge in [-0.3, -0.25) is 4.57 Å². The van der Waals surface area contributed by atoms with E-state index in [0.29, 0.717) is 23.0 Å². The van der Waals surface area contributed by atoms with Crippen molar-refractivity contribution in [2.45, 2.75) is 19.9 Å². The van der Waals surface area contributed by atoms with Crippen LogP contribution in [0.3, 0.4) is 0 Å². The van der Waals surface area contributed by atoms with Gasteiger partial charge in [-0.15, -0.1) is 0 Å². The fraction of sp³-hybridized carbons (Fsp3) is 0.250. The molecule has 0 bridgehead atoms. The molecule has 0 atom stereocenters. The summed E-state index contributed by atoms with van der Waals surface area (Å²) in [7, 11) is 0. The number of nitrogens with zero attached hydrogens (tertiary/aromatic N) is 1. The van der Waals surface area contributed by atoms with E-state index in [9.17, 15) is 4.79 Å². The van der Waals surface area contributed by atoms with E-state index < -0.39 is 0 Å². The first-order valence-electron chi connectivity index (χ1n) is 5.33. The van der Waals surface area contributed by atoms with Crippen molar-refractivity contribution in [2.24, 2.45) is 0 Å². The number of rotatable bonds is 3. The Bertz CT molecular complexity index is 586. The van der Waals surface area contributed by atoms with Crippen molar-refractivity contribution in [3.63, 3.8) is 0 Å². The second kappa shape index (κ2) is 4.98. The summed E-state index contributed by atoms with van der Waals surface area (Å²) in [5.74, 6) is 0. The second-order valence-corrected chi connectivity index (χ2v) is 4.59. The average molecular weight is 271 g/mol. The van der Waals surface area contributed by atoms with Crippen molar-refractivity contribution in [3.05, 3.63) is 56.2 Å². The first-order chi connectivity index (χ1) is 8.11. The van der Waals surface area contributed by atoms with Crippen LogP contribution in [-0.4, -0.2) is 9.55 Å². The first-order valence-corrected chi connectivity index (χ1v) is 6.08. The van der Waals surface area contributed by atoms with Gasteiger partial charge in [0, 0.05) is 34.9 Å². The standard InChI is InChI=1S/C12H12Cl2N2O/c1-2-16-10(7-15-12(16)17)5-8-3-4-9(13)6-11(8)14/h3-4,6-7H,2,5H2,1H3,(H,15,17). The highest BCUT2D eigenvalue weighted by Gasteiger charge is 2.08. The van der Waals surface area contributed by atoms with Gasteiger partial charge >= 0.3 is 5.69 Å². The lowest BCUT2D eigenvalue weighted by Crippen LogP contribution is -2.17. The maximum absolute atomic E-state index is 11.5. The number of benzene rings is 1. The lowest BCUT2D eigenvalue weighted by molar-refractivity contribution is 0.696. The lowest BCUT2D eigenvalue weighted by atomic mass is 10.1. The van der Waals surface area contributed by atoms with E-state index in [1.54, 1.807) is 22.9 Å². The largest absolute Gasteiger partial charge is 0.325 e. The summed E-state index contributed by atoms with van der Waals surface area (Å²) in [5.41, 5.74) is 1.78. The Morgan fingerprint density at radius 1 is 1.35 bits per heavy atom. The number of halogens is 2. The molecule has 0 radical (unpaired) electrons. The maximum Gasteiger partial charge on any atom is 0.325 e. The van der Waals surface area contributed by atoms with Gasteiger partial charge in [-0.2, -0.15) is 0 Å². The predicted octanol–water partition coefficient (Wildman–Crippen LogP) is 3.09. The van der Waals surface area contributed by atoms with Crippen molar-refractivity contribution >= 4 is 23.2 Å². The third kappa shape index (κ3) is 2.56. The molecule has 0 fully saturated rings. The normalized spacial score (nSPS) is 10.8. The van der Waals surface area contributed by atoms with Crippen LogP contribution in [0, 0.1) is 0 Å². The van der Waals surface area contributed by atoms with Crippen LogP contribution in [0.4, 0.5) is 0 Å². The summed E-state index contributed by atoms with van der Waals surface area (Å²) >= 11 is 11.9. The fourth-order valence-corrected chi connectivity index (χ4v) is 2.26. The Morgan fingerprint density at radius 2 is 2.12 bits per heavy atom. The number of hydrogen-bond donors (Lipinski definition) is 1. The van der Waals surface area contributed by atoms with Crippen LogP contribution in [0.2, 0.25) is 10.0 Å². The third-order valence-corrected chi connectivity index (χ3v) is 3.24. The van der Waals surface area contributed by atoms with E-state index in [2.05, 4.69) is 4.98 Å². The van der Waals surface area contributed by atoms with Crippen LogP contribution in [-0.2, 0) is 13.0 Å². The van der Waals surface area contributed by atoms with Crippen LogP contribution >= 0.6 is 23.2 Å². The van der Waals surface area contributed by atoms with Crippen molar-refractivity contribution in [1.29, 1.82) is 0 Å². The molecule has 2 rings (SSSR count). The fourth-order valence-electron chi connectivity index (χ4n) is 1.78. The van der Waals surface area contributed by atoms with Crippen LogP contribution in [0.15, 0.2) is 29.2 Å². The van der Waals surface area contributed by atoms with Gasteiger partial charge in [-0.25, -0.2) is 4.79 Å². The van der Waals surface area contributed by atoms with E-state index in [4.69, 9.17) is 23.2 Å². The molecule has 0 saturated carbocycles. The highest BCUT2D eigenvalue weighted by molar-refractivity contribution is 6.35. The topological polar surface area (TPSA) is 37.8 Å². The Hall–Kier alpha value is -1.19. The summed E-state index contributed by atoms with van der Waals surface area (Å²) in [5, 5.41) is 1.23. The predicted molar refractivity (Wildman–Crippen MR) is 70.0 cm³/mol. The van der Waals surface area contributed by atoms with Gasteiger partial charge in [0.15, 0.2) is 0 Å². The number of aromatic amines is 1. The molecule has 0 aliphatic heterocycles. The molecule has 1 N–H and O–H groups in total. The second-order valence-electron chi connectivity index (χ2n) is 3.74. The molecule has 0 spiro atoms. The van der Waals surface area contributed by atoms with Gasteiger partial charge in [0.25, 0.3) is 0 Å². The quantitative estimate of drug-likeness (QED) is 0.915.